The lowest BCUT2D eigenvalue weighted by Crippen LogP contribution is -2.43. The van der Waals surface area contributed by atoms with Crippen LogP contribution in [0, 0.1) is 12.7 Å². The number of ether oxygens (including phenoxy) is 1. The molecule has 5 rings (SSSR count). The molecule has 1 aromatic heterocycles. The fourth-order valence-electron chi connectivity index (χ4n) is 5.19. The van der Waals surface area contributed by atoms with Gasteiger partial charge in [-0.25, -0.2) is 14.4 Å². The van der Waals surface area contributed by atoms with E-state index < -0.39 is 0 Å². The second-order valence-corrected chi connectivity index (χ2v) is 9.22. The summed E-state index contributed by atoms with van der Waals surface area (Å²) < 4.78 is 18.9. The first kappa shape index (κ1) is 21.3. The Labute approximate surface area is 188 Å². The van der Waals surface area contributed by atoms with Gasteiger partial charge in [-0.3, -0.25) is 4.79 Å². The molecule has 170 valence electrons. The van der Waals surface area contributed by atoms with Crippen molar-refractivity contribution in [2.24, 2.45) is 0 Å². The van der Waals surface area contributed by atoms with Gasteiger partial charge in [0.1, 0.15) is 23.6 Å². The summed E-state index contributed by atoms with van der Waals surface area (Å²) in [5, 5.41) is 0. The lowest BCUT2D eigenvalue weighted by atomic mass is 9.94. The molecule has 3 aliphatic rings. The van der Waals surface area contributed by atoms with Gasteiger partial charge in [-0.05, 0) is 63.1 Å². The topological polar surface area (TPSA) is 58.6 Å². The van der Waals surface area contributed by atoms with Gasteiger partial charge in [0.2, 0.25) is 0 Å². The van der Waals surface area contributed by atoms with Crippen LogP contribution in [0.5, 0.6) is 0 Å². The molecule has 7 heteroatoms. The Hall–Kier alpha value is -2.54. The van der Waals surface area contributed by atoms with Gasteiger partial charge in [0.05, 0.1) is 0 Å². The number of aryl methyl sites for hydroxylation is 1. The Balaban J connectivity index is 1.31. The summed E-state index contributed by atoms with van der Waals surface area (Å²) in [4.78, 5) is 26.9. The zero-order valence-corrected chi connectivity index (χ0v) is 18.7. The van der Waals surface area contributed by atoms with Crippen molar-refractivity contribution in [3.63, 3.8) is 0 Å². The highest BCUT2D eigenvalue weighted by Gasteiger charge is 2.33. The van der Waals surface area contributed by atoms with E-state index in [0.717, 1.165) is 87.6 Å². The highest BCUT2D eigenvalue weighted by molar-refractivity contribution is 5.81. The molecule has 32 heavy (non-hydrogen) atoms. The zero-order chi connectivity index (χ0) is 22.1. The molecule has 1 atom stereocenters. The molecule has 2 aromatic rings. The number of nitrogens with zero attached hydrogens (tertiary/aromatic N) is 4. The summed E-state index contributed by atoms with van der Waals surface area (Å²) in [6.07, 6.45) is 5.41. The third kappa shape index (κ3) is 4.35. The molecule has 0 unspecified atom stereocenters. The van der Waals surface area contributed by atoms with Crippen molar-refractivity contribution in [3.8, 4) is 0 Å². The SMILES string of the molecule is Cc1nc(C2CCN(C(=O)[C@H]3CCCO3)CC2)nc2c1CCCN2Cc1ccc(F)cc1. The molecular weight excluding hydrogens is 407 g/mol. The van der Waals surface area contributed by atoms with Crippen LogP contribution in [0.2, 0.25) is 0 Å². The van der Waals surface area contributed by atoms with E-state index in [1.807, 2.05) is 17.0 Å². The second kappa shape index (κ2) is 9.14. The van der Waals surface area contributed by atoms with E-state index in [4.69, 9.17) is 14.7 Å². The summed E-state index contributed by atoms with van der Waals surface area (Å²) in [6.45, 7) is 5.92. The molecule has 2 saturated heterocycles. The Morgan fingerprint density at radius 2 is 1.88 bits per heavy atom. The van der Waals surface area contributed by atoms with E-state index in [1.165, 1.54) is 17.7 Å². The van der Waals surface area contributed by atoms with E-state index >= 15 is 0 Å². The number of carbonyl (C=O) groups is 1. The number of anilines is 1. The first-order valence-electron chi connectivity index (χ1n) is 11.9. The summed E-state index contributed by atoms with van der Waals surface area (Å²) in [7, 11) is 0. The van der Waals surface area contributed by atoms with Crippen molar-refractivity contribution >= 4 is 11.7 Å². The monoisotopic (exact) mass is 438 g/mol. The van der Waals surface area contributed by atoms with E-state index in [1.54, 1.807) is 0 Å². The molecule has 4 heterocycles. The number of aromatic nitrogens is 2. The van der Waals surface area contributed by atoms with Crippen molar-refractivity contribution in [3.05, 3.63) is 52.7 Å². The van der Waals surface area contributed by atoms with Crippen molar-refractivity contribution < 1.29 is 13.9 Å². The largest absolute Gasteiger partial charge is 0.368 e. The molecular formula is C25H31FN4O2. The fraction of sp³-hybridized carbons (Fsp3) is 0.560. The normalized spacial score (nSPS) is 21.6. The number of piperidine rings is 1. The predicted octanol–water partition coefficient (Wildman–Crippen LogP) is 3.76. The molecule has 0 aliphatic carbocycles. The van der Waals surface area contributed by atoms with Crippen molar-refractivity contribution in [1.82, 2.24) is 14.9 Å². The minimum absolute atomic E-state index is 0.147. The number of halogens is 1. The molecule has 1 aromatic carbocycles. The van der Waals surface area contributed by atoms with Crippen molar-refractivity contribution in [2.45, 2.75) is 64.0 Å². The van der Waals surface area contributed by atoms with Crippen LogP contribution in [-0.4, -0.2) is 53.1 Å². The maximum Gasteiger partial charge on any atom is 0.251 e. The van der Waals surface area contributed by atoms with Gasteiger partial charge in [0.15, 0.2) is 0 Å². The molecule has 0 radical (unpaired) electrons. The van der Waals surface area contributed by atoms with Crippen LogP contribution in [-0.2, 0) is 22.5 Å². The first-order valence-corrected chi connectivity index (χ1v) is 11.9. The lowest BCUT2D eigenvalue weighted by Gasteiger charge is -2.34. The molecule has 0 saturated carbocycles. The van der Waals surface area contributed by atoms with Crippen LogP contribution in [0.3, 0.4) is 0 Å². The number of carbonyl (C=O) groups excluding carboxylic acids is 1. The number of hydrogen-bond acceptors (Lipinski definition) is 5. The number of likely N-dealkylation sites (tertiary alicyclic amines) is 1. The van der Waals surface area contributed by atoms with Gasteiger partial charge < -0.3 is 14.5 Å². The summed E-state index contributed by atoms with van der Waals surface area (Å²) in [6, 6.07) is 6.73. The minimum Gasteiger partial charge on any atom is -0.368 e. The first-order chi connectivity index (χ1) is 15.6. The van der Waals surface area contributed by atoms with Crippen LogP contribution in [0.25, 0.3) is 0 Å². The molecule has 0 N–H and O–H groups in total. The zero-order valence-electron chi connectivity index (χ0n) is 18.7. The Bertz CT molecular complexity index is 967. The lowest BCUT2D eigenvalue weighted by molar-refractivity contribution is -0.142. The summed E-state index contributed by atoms with van der Waals surface area (Å²) >= 11 is 0. The van der Waals surface area contributed by atoms with Gasteiger partial charge in [-0.15, -0.1) is 0 Å². The molecule has 0 spiro atoms. The highest BCUT2D eigenvalue weighted by atomic mass is 19.1. The van der Waals surface area contributed by atoms with E-state index in [9.17, 15) is 9.18 Å². The van der Waals surface area contributed by atoms with E-state index in [2.05, 4.69) is 11.8 Å². The Morgan fingerprint density at radius 1 is 1.09 bits per heavy atom. The van der Waals surface area contributed by atoms with Gasteiger partial charge in [0.25, 0.3) is 5.91 Å². The molecule has 0 bridgehead atoms. The number of benzene rings is 1. The number of rotatable bonds is 4. The maximum absolute atomic E-state index is 13.3. The molecule has 3 aliphatic heterocycles. The van der Waals surface area contributed by atoms with Crippen LogP contribution >= 0.6 is 0 Å². The Kier molecular flexibility index (Phi) is 6.09. The van der Waals surface area contributed by atoms with Crippen LogP contribution in [0.15, 0.2) is 24.3 Å². The van der Waals surface area contributed by atoms with Crippen molar-refractivity contribution in [2.75, 3.05) is 31.1 Å². The quantitative estimate of drug-likeness (QED) is 0.728. The summed E-state index contributed by atoms with van der Waals surface area (Å²) in [5.41, 5.74) is 3.37. The predicted molar refractivity (Wildman–Crippen MR) is 120 cm³/mol. The highest BCUT2D eigenvalue weighted by Crippen LogP contribution is 2.33. The van der Waals surface area contributed by atoms with Gasteiger partial charge in [-0.2, -0.15) is 0 Å². The molecule has 6 nitrogen and oxygen atoms in total. The average molecular weight is 439 g/mol. The average Bonchev–Trinajstić information content (AvgIpc) is 3.36. The second-order valence-electron chi connectivity index (χ2n) is 9.22. The standard InChI is InChI=1S/C25H31FN4O2/c1-17-21-4-2-12-30(16-18-6-8-20(26)9-7-18)24(21)28-23(27-17)19-10-13-29(14-11-19)25(31)22-5-3-15-32-22/h6-9,19,22H,2-5,10-16H2,1H3/t22-/m1/s1. The van der Waals surface area contributed by atoms with Gasteiger partial charge in [0, 0.05) is 50.0 Å². The maximum atomic E-state index is 13.3. The minimum atomic E-state index is -0.242. The molecule has 2 fully saturated rings. The van der Waals surface area contributed by atoms with Gasteiger partial charge in [-0.1, -0.05) is 12.1 Å². The third-order valence-electron chi connectivity index (χ3n) is 7.03. The van der Waals surface area contributed by atoms with E-state index in [-0.39, 0.29) is 23.7 Å². The van der Waals surface area contributed by atoms with Crippen LogP contribution in [0.1, 0.15) is 60.7 Å². The number of fused-ring (bicyclic) bond motifs is 1. The van der Waals surface area contributed by atoms with E-state index in [0.29, 0.717) is 6.61 Å². The number of hydrogen-bond donors (Lipinski definition) is 0. The van der Waals surface area contributed by atoms with Crippen LogP contribution in [0.4, 0.5) is 10.2 Å². The van der Waals surface area contributed by atoms with Gasteiger partial charge >= 0.3 is 0 Å². The van der Waals surface area contributed by atoms with Crippen LogP contribution < -0.4 is 4.90 Å². The fourth-order valence-corrected chi connectivity index (χ4v) is 5.19. The third-order valence-corrected chi connectivity index (χ3v) is 7.03. The smallest absolute Gasteiger partial charge is 0.251 e. The Morgan fingerprint density at radius 3 is 2.59 bits per heavy atom. The number of amides is 1. The summed E-state index contributed by atoms with van der Waals surface area (Å²) in [5.74, 6) is 2.13. The molecule has 1 amide bonds. The van der Waals surface area contributed by atoms with Crippen molar-refractivity contribution in [1.29, 1.82) is 0 Å².